The Kier molecular flexibility index (Phi) is 5.76. The Morgan fingerprint density at radius 2 is 1.83 bits per heavy atom. The van der Waals surface area contributed by atoms with Gasteiger partial charge in [-0.25, -0.2) is 4.68 Å². The number of hydrogen-bond acceptors (Lipinski definition) is 5. The van der Waals surface area contributed by atoms with E-state index in [0.29, 0.717) is 35.2 Å². The van der Waals surface area contributed by atoms with E-state index in [-0.39, 0.29) is 5.91 Å². The first kappa shape index (κ1) is 19.8. The van der Waals surface area contributed by atoms with Gasteiger partial charge in [-0.05, 0) is 49.4 Å². The van der Waals surface area contributed by atoms with Crippen molar-refractivity contribution in [2.45, 2.75) is 56.8 Å². The Hall–Kier alpha value is -2.54. The van der Waals surface area contributed by atoms with Crippen LogP contribution in [0.15, 0.2) is 47.6 Å². The molecular weight excluding hydrogens is 382 g/mol. The molecule has 1 aliphatic rings. The first-order valence-electron chi connectivity index (χ1n) is 10.1. The van der Waals surface area contributed by atoms with Crippen LogP contribution < -0.4 is 5.84 Å². The van der Waals surface area contributed by atoms with Gasteiger partial charge < -0.3 is 10.7 Å². The van der Waals surface area contributed by atoms with Gasteiger partial charge in [-0.1, -0.05) is 54.2 Å². The Morgan fingerprint density at radius 1 is 1.10 bits per heavy atom. The Balaban J connectivity index is 1.45. The molecule has 1 aromatic heterocycles. The van der Waals surface area contributed by atoms with Gasteiger partial charge in [0.1, 0.15) is 0 Å². The van der Waals surface area contributed by atoms with Crippen LogP contribution in [0.3, 0.4) is 0 Å². The molecule has 1 amide bonds. The average molecular weight is 410 g/mol. The minimum atomic E-state index is 0.147. The van der Waals surface area contributed by atoms with Gasteiger partial charge >= 0.3 is 0 Å². The highest BCUT2D eigenvalue weighted by Crippen LogP contribution is 2.25. The maximum Gasteiger partial charge on any atom is 0.233 e. The van der Waals surface area contributed by atoms with Crippen LogP contribution in [-0.4, -0.2) is 43.5 Å². The fourth-order valence-corrected chi connectivity index (χ4v) is 5.00. The van der Waals surface area contributed by atoms with Gasteiger partial charge in [0.25, 0.3) is 0 Å². The zero-order chi connectivity index (χ0) is 20.4. The first-order chi connectivity index (χ1) is 14.0. The van der Waals surface area contributed by atoms with E-state index >= 15 is 0 Å². The van der Waals surface area contributed by atoms with Crippen molar-refractivity contribution in [1.29, 1.82) is 0 Å². The molecule has 6 nitrogen and oxygen atoms in total. The zero-order valence-electron chi connectivity index (χ0n) is 16.9. The van der Waals surface area contributed by atoms with Crippen LogP contribution in [0.5, 0.6) is 0 Å². The van der Waals surface area contributed by atoms with Crippen LogP contribution in [0.25, 0.3) is 10.8 Å². The summed E-state index contributed by atoms with van der Waals surface area (Å²) in [6, 6.07) is 15.1. The van der Waals surface area contributed by atoms with Crippen molar-refractivity contribution in [2.24, 2.45) is 0 Å². The van der Waals surface area contributed by atoms with Crippen LogP contribution in [0.1, 0.15) is 44.5 Å². The second kappa shape index (κ2) is 8.45. The quantitative estimate of drug-likeness (QED) is 0.514. The van der Waals surface area contributed by atoms with E-state index in [2.05, 4.69) is 48.3 Å². The molecule has 29 heavy (non-hydrogen) atoms. The van der Waals surface area contributed by atoms with Crippen LogP contribution in [0, 0.1) is 0 Å². The van der Waals surface area contributed by atoms with Crippen molar-refractivity contribution < 1.29 is 4.79 Å². The molecular formula is C22H27N5OS. The highest BCUT2D eigenvalue weighted by Gasteiger charge is 2.29. The van der Waals surface area contributed by atoms with Gasteiger partial charge in [-0.2, -0.15) is 0 Å². The summed E-state index contributed by atoms with van der Waals surface area (Å²) >= 11 is 1.36. The number of thioether (sulfide) groups is 1. The number of likely N-dealkylation sites (tertiary alicyclic amines) is 1. The third-order valence-corrected chi connectivity index (χ3v) is 6.70. The summed E-state index contributed by atoms with van der Waals surface area (Å²) in [5, 5.41) is 11.5. The molecule has 2 atom stereocenters. The van der Waals surface area contributed by atoms with E-state index in [1.807, 2.05) is 23.1 Å². The largest absolute Gasteiger partial charge is 0.337 e. The number of nitrogen functional groups attached to an aromatic ring is 1. The van der Waals surface area contributed by atoms with E-state index < -0.39 is 0 Å². The number of benzene rings is 2. The molecule has 7 heteroatoms. The standard InChI is InChI=1S/C22H27N5OS/c1-15-7-5-8-16(2)26(15)21(28)14-29-22-25-24-20(27(22)23)13-18-11-6-10-17-9-3-4-12-19(17)18/h3-4,6,9-12,15-16H,5,7-8,13-14,23H2,1-2H3/t15-,16-/m1/s1. The summed E-state index contributed by atoms with van der Waals surface area (Å²) < 4.78 is 1.52. The summed E-state index contributed by atoms with van der Waals surface area (Å²) in [5.41, 5.74) is 1.16. The number of fused-ring (bicyclic) bond motifs is 1. The number of nitrogens with zero attached hydrogens (tertiary/aromatic N) is 4. The summed E-state index contributed by atoms with van der Waals surface area (Å²) in [5.74, 6) is 7.43. The van der Waals surface area contributed by atoms with E-state index in [1.54, 1.807) is 0 Å². The third kappa shape index (κ3) is 4.10. The van der Waals surface area contributed by atoms with Crippen molar-refractivity contribution in [3.05, 3.63) is 53.9 Å². The molecule has 1 fully saturated rings. The van der Waals surface area contributed by atoms with E-state index in [0.717, 1.165) is 18.4 Å². The number of rotatable bonds is 5. The third-order valence-electron chi connectivity index (χ3n) is 5.77. The lowest BCUT2D eigenvalue weighted by Gasteiger charge is -2.39. The molecule has 0 bridgehead atoms. The van der Waals surface area contributed by atoms with Crippen LogP contribution in [0.2, 0.25) is 0 Å². The monoisotopic (exact) mass is 409 g/mol. The van der Waals surface area contributed by atoms with E-state index in [4.69, 9.17) is 5.84 Å². The molecule has 152 valence electrons. The predicted octanol–water partition coefficient (Wildman–Crippen LogP) is 3.62. The number of carbonyl (C=O) groups excluding carboxylic acids is 1. The molecule has 0 saturated carbocycles. The molecule has 3 aromatic rings. The smallest absolute Gasteiger partial charge is 0.233 e. The summed E-state index contributed by atoms with van der Waals surface area (Å²) in [4.78, 5) is 14.8. The molecule has 2 N–H and O–H groups in total. The Bertz CT molecular complexity index is 1000. The van der Waals surface area contributed by atoms with Crippen molar-refractivity contribution in [1.82, 2.24) is 19.8 Å². The molecule has 1 saturated heterocycles. The normalized spacial score (nSPS) is 19.6. The Morgan fingerprint density at radius 3 is 2.62 bits per heavy atom. The van der Waals surface area contributed by atoms with Crippen LogP contribution >= 0.6 is 11.8 Å². The van der Waals surface area contributed by atoms with Gasteiger partial charge in [0.15, 0.2) is 5.82 Å². The lowest BCUT2D eigenvalue weighted by molar-refractivity contribution is -0.134. The molecule has 0 unspecified atom stereocenters. The molecule has 2 heterocycles. The lowest BCUT2D eigenvalue weighted by Crippen LogP contribution is -2.48. The number of aromatic nitrogens is 3. The number of hydrogen-bond donors (Lipinski definition) is 1. The van der Waals surface area contributed by atoms with E-state index in [1.165, 1.54) is 33.6 Å². The summed E-state index contributed by atoms with van der Waals surface area (Å²) in [6.07, 6.45) is 3.93. The Labute approximate surface area is 175 Å². The molecule has 2 aromatic carbocycles. The summed E-state index contributed by atoms with van der Waals surface area (Å²) in [7, 11) is 0. The molecule has 0 radical (unpaired) electrons. The lowest BCUT2D eigenvalue weighted by atomic mass is 9.98. The maximum absolute atomic E-state index is 12.8. The van der Waals surface area contributed by atoms with Crippen molar-refractivity contribution in [3.63, 3.8) is 0 Å². The van der Waals surface area contributed by atoms with E-state index in [9.17, 15) is 4.79 Å². The second-order valence-electron chi connectivity index (χ2n) is 7.80. The molecule has 0 aliphatic carbocycles. The minimum absolute atomic E-state index is 0.147. The second-order valence-corrected chi connectivity index (χ2v) is 8.74. The molecule has 4 rings (SSSR count). The van der Waals surface area contributed by atoms with Gasteiger partial charge in [0.05, 0.1) is 5.75 Å². The number of amides is 1. The minimum Gasteiger partial charge on any atom is -0.337 e. The zero-order valence-corrected chi connectivity index (χ0v) is 17.7. The van der Waals surface area contributed by atoms with Gasteiger partial charge in [-0.3, -0.25) is 4.79 Å². The van der Waals surface area contributed by atoms with Crippen LogP contribution in [-0.2, 0) is 11.2 Å². The first-order valence-corrected chi connectivity index (χ1v) is 11.1. The number of piperidine rings is 1. The maximum atomic E-state index is 12.8. The van der Waals surface area contributed by atoms with Gasteiger partial charge in [0, 0.05) is 18.5 Å². The highest BCUT2D eigenvalue weighted by atomic mass is 32.2. The number of carbonyl (C=O) groups is 1. The average Bonchev–Trinajstić information content (AvgIpc) is 3.06. The highest BCUT2D eigenvalue weighted by molar-refractivity contribution is 7.99. The topological polar surface area (TPSA) is 77.0 Å². The molecule has 0 spiro atoms. The SMILES string of the molecule is C[C@@H]1CCC[C@@H](C)N1C(=O)CSc1nnc(Cc2cccc3ccccc23)n1N. The van der Waals surface area contributed by atoms with Crippen molar-refractivity contribution >= 4 is 28.4 Å². The van der Waals surface area contributed by atoms with Gasteiger partial charge in [0.2, 0.25) is 11.1 Å². The van der Waals surface area contributed by atoms with Crippen LogP contribution in [0.4, 0.5) is 0 Å². The molecule has 1 aliphatic heterocycles. The fourth-order valence-electron chi connectivity index (χ4n) is 4.26. The van der Waals surface area contributed by atoms with Crippen molar-refractivity contribution in [3.8, 4) is 0 Å². The predicted molar refractivity (Wildman–Crippen MR) is 117 cm³/mol. The number of nitrogens with two attached hydrogens (primary N) is 1. The van der Waals surface area contributed by atoms with Gasteiger partial charge in [-0.15, -0.1) is 10.2 Å². The summed E-state index contributed by atoms with van der Waals surface area (Å²) in [6.45, 7) is 4.26. The van der Waals surface area contributed by atoms with Crippen molar-refractivity contribution in [2.75, 3.05) is 11.6 Å². The fraction of sp³-hybridized carbons (Fsp3) is 0.409.